The summed E-state index contributed by atoms with van der Waals surface area (Å²) in [5, 5.41) is 0. The quantitative estimate of drug-likeness (QED) is 0.469. The Labute approximate surface area is 165 Å². The lowest BCUT2D eigenvalue weighted by Crippen LogP contribution is -2.12. The van der Waals surface area contributed by atoms with E-state index in [0.29, 0.717) is 11.5 Å². The summed E-state index contributed by atoms with van der Waals surface area (Å²) in [4.78, 5) is 0. The Hall–Kier alpha value is -2.66. The van der Waals surface area contributed by atoms with Crippen LogP contribution in [0.1, 0.15) is 19.4 Å². The van der Waals surface area contributed by atoms with Crippen LogP contribution in [0.4, 0.5) is 4.39 Å². The fourth-order valence-corrected chi connectivity index (χ4v) is 3.75. The summed E-state index contributed by atoms with van der Waals surface area (Å²) in [5.74, 6) is 0.544. The normalized spacial score (nSPS) is 11.6. The Bertz CT molecular complexity index is 1030. The maximum Gasteiger partial charge on any atom is 0.339 e. The molecule has 146 valence electrons. The molecular formula is C23H23FO3S. The second-order valence-electron chi connectivity index (χ2n) is 7.05. The molecule has 0 bridgehead atoms. The Morgan fingerprint density at radius 1 is 0.821 bits per heavy atom. The van der Waals surface area contributed by atoms with Crippen molar-refractivity contribution in [3.05, 3.63) is 78.4 Å². The first-order chi connectivity index (χ1) is 13.4. The van der Waals surface area contributed by atoms with Gasteiger partial charge in [0.05, 0.1) is 0 Å². The van der Waals surface area contributed by atoms with Gasteiger partial charge in [0, 0.05) is 5.56 Å². The predicted molar refractivity (Wildman–Crippen MR) is 111 cm³/mol. The number of rotatable bonds is 7. The van der Waals surface area contributed by atoms with Crippen molar-refractivity contribution in [3.63, 3.8) is 0 Å². The average molecular weight is 398 g/mol. The molecular weight excluding hydrogens is 375 g/mol. The molecule has 3 aromatic carbocycles. The molecule has 0 spiro atoms. The van der Waals surface area contributed by atoms with Gasteiger partial charge >= 0.3 is 10.1 Å². The largest absolute Gasteiger partial charge is 0.380 e. The molecule has 5 heteroatoms. The number of alkyl halides is 1. The molecule has 0 saturated carbocycles. The number of hydrogen-bond acceptors (Lipinski definition) is 3. The second kappa shape index (κ2) is 8.57. The summed E-state index contributed by atoms with van der Waals surface area (Å²) in [6.45, 7) is 4.27. The fraction of sp³-hybridized carbons (Fsp3) is 0.217. The van der Waals surface area contributed by atoms with E-state index in [1.165, 1.54) is 0 Å². The van der Waals surface area contributed by atoms with Crippen LogP contribution in [0, 0.1) is 5.92 Å². The molecule has 0 fully saturated rings. The van der Waals surface area contributed by atoms with E-state index in [0.717, 1.165) is 28.7 Å². The third-order valence-corrected chi connectivity index (χ3v) is 5.06. The first-order valence-corrected chi connectivity index (χ1v) is 10.7. The summed E-state index contributed by atoms with van der Waals surface area (Å²) in [6.07, 6.45) is 0.820. The summed E-state index contributed by atoms with van der Waals surface area (Å²) in [5.41, 5.74) is 4.43. The van der Waals surface area contributed by atoms with Gasteiger partial charge in [0.15, 0.2) is 5.75 Å². The van der Waals surface area contributed by atoms with E-state index in [9.17, 15) is 12.8 Å². The monoisotopic (exact) mass is 398 g/mol. The lowest BCUT2D eigenvalue weighted by atomic mass is 9.87. The van der Waals surface area contributed by atoms with E-state index in [1.807, 2.05) is 66.7 Å². The molecule has 0 atom stereocenters. The van der Waals surface area contributed by atoms with Gasteiger partial charge in [-0.25, -0.2) is 4.39 Å². The van der Waals surface area contributed by atoms with E-state index in [-0.39, 0.29) is 5.75 Å². The highest BCUT2D eigenvalue weighted by Crippen LogP contribution is 2.42. The molecule has 0 radical (unpaired) electrons. The van der Waals surface area contributed by atoms with Gasteiger partial charge in [-0.15, -0.1) is 0 Å². The smallest absolute Gasteiger partial charge is 0.339 e. The molecule has 3 nitrogen and oxygen atoms in total. The maximum absolute atomic E-state index is 13.0. The van der Waals surface area contributed by atoms with Gasteiger partial charge in [-0.05, 0) is 40.7 Å². The minimum Gasteiger partial charge on any atom is -0.380 e. The second-order valence-corrected chi connectivity index (χ2v) is 8.55. The molecule has 0 aliphatic rings. The third-order valence-electron chi connectivity index (χ3n) is 4.36. The molecule has 0 heterocycles. The Balaban J connectivity index is 2.34. The van der Waals surface area contributed by atoms with Crippen LogP contribution in [0.25, 0.3) is 22.3 Å². The van der Waals surface area contributed by atoms with Crippen LogP contribution < -0.4 is 4.18 Å². The SMILES string of the molecule is CC(C)Cc1ccc(OS(=O)(=O)CF)c(-c2ccccc2)c1-c1ccccc1. The van der Waals surface area contributed by atoms with Gasteiger partial charge in [-0.2, -0.15) is 8.42 Å². The summed E-state index contributed by atoms with van der Waals surface area (Å²) < 4.78 is 41.8. The topological polar surface area (TPSA) is 43.4 Å². The zero-order valence-electron chi connectivity index (χ0n) is 15.9. The highest BCUT2D eigenvalue weighted by atomic mass is 32.2. The zero-order valence-corrected chi connectivity index (χ0v) is 16.7. The lowest BCUT2D eigenvalue weighted by Gasteiger charge is -2.20. The van der Waals surface area contributed by atoms with Crippen molar-refractivity contribution in [1.29, 1.82) is 0 Å². The minimum atomic E-state index is -4.30. The van der Waals surface area contributed by atoms with Crippen LogP contribution >= 0.6 is 0 Å². The van der Waals surface area contributed by atoms with Crippen molar-refractivity contribution in [2.24, 2.45) is 5.92 Å². The van der Waals surface area contributed by atoms with Crippen LogP contribution in [0.5, 0.6) is 5.75 Å². The first-order valence-electron chi connectivity index (χ1n) is 9.16. The third kappa shape index (κ3) is 4.60. The molecule has 0 amide bonds. The van der Waals surface area contributed by atoms with Crippen LogP contribution in [-0.4, -0.2) is 14.4 Å². The van der Waals surface area contributed by atoms with Gasteiger partial charge in [-0.3, -0.25) is 0 Å². The van der Waals surface area contributed by atoms with Crippen molar-refractivity contribution >= 4 is 10.1 Å². The maximum atomic E-state index is 13.0. The van der Waals surface area contributed by atoms with E-state index < -0.39 is 16.1 Å². The van der Waals surface area contributed by atoms with E-state index in [4.69, 9.17) is 4.18 Å². The number of hydrogen-bond donors (Lipinski definition) is 0. The lowest BCUT2D eigenvalue weighted by molar-refractivity contribution is 0.452. The predicted octanol–water partition coefficient (Wildman–Crippen LogP) is 5.85. The van der Waals surface area contributed by atoms with Gasteiger partial charge in [-0.1, -0.05) is 80.6 Å². The van der Waals surface area contributed by atoms with Crippen molar-refractivity contribution in [2.45, 2.75) is 20.3 Å². The molecule has 0 saturated heterocycles. The molecule has 0 aliphatic heterocycles. The summed E-state index contributed by atoms with van der Waals surface area (Å²) in [6, 6.07) is 21.2. The highest BCUT2D eigenvalue weighted by Gasteiger charge is 2.22. The first kappa shape index (κ1) is 20.1. The van der Waals surface area contributed by atoms with Crippen LogP contribution in [-0.2, 0) is 16.5 Å². The van der Waals surface area contributed by atoms with Crippen LogP contribution in [0.3, 0.4) is 0 Å². The fourth-order valence-electron chi connectivity index (χ4n) is 3.29. The molecule has 0 aliphatic carbocycles. The van der Waals surface area contributed by atoms with E-state index in [2.05, 4.69) is 13.8 Å². The molecule has 0 aromatic heterocycles. The molecule has 0 N–H and O–H groups in total. The standard InChI is InChI=1S/C23H23FO3S/c1-17(2)15-20-13-14-21(27-28(25,26)16-24)23(19-11-7-4-8-12-19)22(20)18-9-5-3-6-10-18/h3-14,17H,15-16H2,1-2H3. The Morgan fingerprint density at radius 2 is 1.36 bits per heavy atom. The average Bonchev–Trinajstić information content (AvgIpc) is 2.69. The number of benzene rings is 3. The van der Waals surface area contributed by atoms with Gasteiger partial charge < -0.3 is 4.18 Å². The minimum absolute atomic E-state index is 0.134. The Morgan fingerprint density at radius 3 is 1.86 bits per heavy atom. The van der Waals surface area contributed by atoms with Crippen LogP contribution in [0.2, 0.25) is 0 Å². The molecule has 0 unspecified atom stereocenters. The highest BCUT2D eigenvalue weighted by molar-refractivity contribution is 7.86. The van der Waals surface area contributed by atoms with Crippen molar-refractivity contribution in [3.8, 4) is 28.0 Å². The summed E-state index contributed by atoms with van der Waals surface area (Å²) in [7, 11) is -4.30. The van der Waals surface area contributed by atoms with Crippen molar-refractivity contribution < 1.29 is 17.0 Å². The van der Waals surface area contributed by atoms with Gasteiger partial charge in [0.2, 0.25) is 6.01 Å². The van der Waals surface area contributed by atoms with E-state index >= 15 is 0 Å². The molecule has 3 aromatic rings. The van der Waals surface area contributed by atoms with Crippen molar-refractivity contribution in [1.82, 2.24) is 0 Å². The molecule has 3 rings (SSSR count). The van der Waals surface area contributed by atoms with Gasteiger partial charge in [0.25, 0.3) is 0 Å². The van der Waals surface area contributed by atoms with Crippen molar-refractivity contribution in [2.75, 3.05) is 6.01 Å². The zero-order chi connectivity index (χ0) is 20.1. The Kier molecular flexibility index (Phi) is 6.15. The van der Waals surface area contributed by atoms with Gasteiger partial charge in [0.1, 0.15) is 0 Å². The molecule has 28 heavy (non-hydrogen) atoms. The summed E-state index contributed by atoms with van der Waals surface area (Å²) >= 11 is 0. The van der Waals surface area contributed by atoms with Crippen LogP contribution in [0.15, 0.2) is 72.8 Å². The van der Waals surface area contributed by atoms with E-state index in [1.54, 1.807) is 6.07 Å². The number of halogens is 1.